The highest BCUT2D eigenvalue weighted by Crippen LogP contribution is 2.34. The van der Waals surface area contributed by atoms with Crippen LogP contribution in [0.3, 0.4) is 0 Å². The molecule has 0 saturated heterocycles. The van der Waals surface area contributed by atoms with Crippen molar-refractivity contribution in [2.75, 3.05) is 13.7 Å². The second-order valence-corrected chi connectivity index (χ2v) is 7.44. The maximum absolute atomic E-state index is 12.3. The standard InChI is InChI=1S/C23H25N3O4/c1-28-21-8-7-19(30-23(27)26-13-16-5-3-2-4-6-16)12-20(21)17-11-18(15-24-14-17)22-25-9-10-29-22/h7-12,14-16H,2-6,13H2,1H3,(H,26,27). The molecule has 2 heterocycles. The molecule has 1 amide bonds. The number of hydrogen-bond donors (Lipinski definition) is 1. The van der Waals surface area contributed by atoms with Crippen LogP contribution in [0.1, 0.15) is 32.1 Å². The maximum atomic E-state index is 12.3. The van der Waals surface area contributed by atoms with Gasteiger partial charge in [-0.05, 0) is 43.0 Å². The molecule has 0 unspecified atom stereocenters. The molecule has 1 N–H and O–H groups in total. The van der Waals surface area contributed by atoms with Gasteiger partial charge >= 0.3 is 6.09 Å². The van der Waals surface area contributed by atoms with Gasteiger partial charge < -0.3 is 19.2 Å². The zero-order valence-corrected chi connectivity index (χ0v) is 17.0. The van der Waals surface area contributed by atoms with E-state index in [4.69, 9.17) is 13.9 Å². The fraction of sp³-hybridized carbons (Fsp3) is 0.348. The van der Waals surface area contributed by atoms with E-state index >= 15 is 0 Å². The molecule has 1 saturated carbocycles. The van der Waals surface area contributed by atoms with Crippen LogP contribution in [-0.2, 0) is 0 Å². The fourth-order valence-electron chi connectivity index (χ4n) is 3.81. The van der Waals surface area contributed by atoms with Gasteiger partial charge in [-0.3, -0.25) is 4.98 Å². The zero-order valence-electron chi connectivity index (χ0n) is 17.0. The van der Waals surface area contributed by atoms with Crippen molar-refractivity contribution in [3.05, 3.63) is 49.1 Å². The van der Waals surface area contributed by atoms with Gasteiger partial charge in [0.15, 0.2) is 0 Å². The second kappa shape index (κ2) is 9.43. The molecular formula is C23H25N3O4. The van der Waals surface area contributed by atoms with E-state index in [1.54, 1.807) is 43.9 Å². The first-order chi connectivity index (χ1) is 14.7. The second-order valence-electron chi connectivity index (χ2n) is 7.44. The quantitative estimate of drug-likeness (QED) is 0.613. The van der Waals surface area contributed by atoms with E-state index < -0.39 is 6.09 Å². The van der Waals surface area contributed by atoms with Crippen LogP contribution in [0, 0.1) is 5.92 Å². The van der Waals surface area contributed by atoms with Crippen LogP contribution in [0.15, 0.2) is 53.5 Å². The molecule has 4 rings (SSSR count). The van der Waals surface area contributed by atoms with Crippen LogP contribution in [-0.4, -0.2) is 29.7 Å². The highest BCUT2D eigenvalue weighted by atomic mass is 16.6. The highest BCUT2D eigenvalue weighted by Gasteiger charge is 2.16. The lowest BCUT2D eigenvalue weighted by molar-refractivity contribution is 0.196. The highest BCUT2D eigenvalue weighted by molar-refractivity contribution is 5.76. The van der Waals surface area contributed by atoms with E-state index in [2.05, 4.69) is 15.3 Å². The summed E-state index contributed by atoms with van der Waals surface area (Å²) >= 11 is 0. The molecule has 0 atom stereocenters. The number of ether oxygens (including phenoxy) is 2. The van der Waals surface area contributed by atoms with Crippen molar-refractivity contribution < 1.29 is 18.7 Å². The van der Waals surface area contributed by atoms with E-state index in [9.17, 15) is 4.79 Å². The van der Waals surface area contributed by atoms with E-state index in [1.807, 2.05) is 6.07 Å². The van der Waals surface area contributed by atoms with E-state index in [0.717, 1.165) is 16.7 Å². The Morgan fingerprint density at radius 3 is 2.77 bits per heavy atom. The van der Waals surface area contributed by atoms with Crippen molar-refractivity contribution >= 4 is 6.09 Å². The number of nitrogens with zero attached hydrogens (tertiary/aromatic N) is 2. The van der Waals surface area contributed by atoms with Crippen LogP contribution < -0.4 is 14.8 Å². The number of pyridine rings is 1. The van der Waals surface area contributed by atoms with Crippen LogP contribution >= 0.6 is 0 Å². The number of nitrogens with one attached hydrogen (secondary N) is 1. The number of benzene rings is 1. The van der Waals surface area contributed by atoms with Gasteiger partial charge in [0, 0.05) is 30.1 Å². The number of carbonyl (C=O) groups is 1. The smallest absolute Gasteiger partial charge is 0.412 e. The van der Waals surface area contributed by atoms with Crippen molar-refractivity contribution in [1.82, 2.24) is 15.3 Å². The third-order valence-electron chi connectivity index (χ3n) is 5.37. The van der Waals surface area contributed by atoms with Crippen LogP contribution in [0.25, 0.3) is 22.6 Å². The topological polar surface area (TPSA) is 86.5 Å². The summed E-state index contributed by atoms with van der Waals surface area (Å²) in [6, 6.07) is 7.17. The van der Waals surface area contributed by atoms with Gasteiger partial charge in [-0.2, -0.15) is 0 Å². The molecule has 1 aliphatic carbocycles. The molecule has 0 radical (unpaired) electrons. The molecule has 1 fully saturated rings. The number of rotatable bonds is 6. The molecule has 1 aromatic carbocycles. The Bertz CT molecular complexity index is 982. The SMILES string of the molecule is COc1ccc(OC(=O)NCC2CCCCC2)cc1-c1cncc(-c2ncco2)c1. The van der Waals surface area contributed by atoms with Gasteiger partial charge in [-0.25, -0.2) is 9.78 Å². The van der Waals surface area contributed by atoms with Crippen molar-refractivity contribution in [3.63, 3.8) is 0 Å². The Morgan fingerprint density at radius 1 is 1.17 bits per heavy atom. The lowest BCUT2D eigenvalue weighted by atomic mass is 9.89. The molecule has 0 bridgehead atoms. The molecule has 7 heteroatoms. The Hall–Kier alpha value is -3.35. The third kappa shape index (κ3) is 4.79. The first-order valence-electron chi connectivity index (χ1n) is 10.2. The predicted molar refractivity (Wildman–Crippen MR) is 112 cm³/mol. The first-order valence-corrected chi connectivity index (χ1v) is 10.2. The number of amides is 1. The van der Waals surface area contributed by atoms with Crippen molar-refractivity contribution in [1.29, 1.82) is 0 Å². The van der Waals surface area contributed by atoms with Crippen LogP contribution in [0.4, 0.5) is 4.79 Å². The largest absolute Gasteiger partial charge is 0.496 e. The van der Waals surface area contributed by atoms with Crippen LogP contribution in [0.5, 0.6) is 11.5 Å². The number of carbonyl (C=O) groups excluding carboxylic acids is 1. The summed E-state index contributed by atoms with van der Waals surface area (Å²) in [7, 11) is 1.60. The van der Waals surface area contributed by atoms with Gasteiger partial charge in [0.1, 0.15) is 17.8 Å². The summed E-state index contributed by atoms with van der Waals surface area (Å²) in [5.41, 5.74) is 2.31. The Kier molecular flexibility index (Phi) is 6.27. The van der Waals surface area contributed by atoms with E-state index in [-0.39, 0.29) is 0 Å². The normalized spacial score (nSPS) is 14.3. The number of hydrogen-bond acceptors (Lipinski definition) is 6. The molecule has 30 heavy (non-hydrogen) atoms. The van der Waals surface area contributed by atoms with Gasteiger partial charge in [-0.1, -0.05) is 19.3 Å². The average molecular weight is 407 g/mol. The minimum atomic E-state index is -0.441. The van der Waals surface area contributed by atoms with Gasteiger partial charge in [0.25, 0.3) is 0 Å². The third-order valence-corrected chi connectivity index (χ3v) is 5.37. The molecule has 0 aliphatic heterocycles. The van der Waals surface area contributed by atoms with Gasteiger partial charge in [0.2, 0.25) is 5.89 Å². The summed E-state index contributed by atoms with van der Waals surface area (Å²) in [5.74, 6) is 2.12. The Labute approximate surface area is 175 Å². The number of oxazole rings is 1. The van der Waals surface area contributed by atoms with Gasteiger partial charge in [0.05, 0.1) is 18.9 Å². The minimum absolute atomic E-state index is 0.438. The predicted octanol–water partition coefficient (Wildman–Crippen LogP) is 5.08. The maximum Gasteiger partial charge on any atom is 0.412 e. The van der Waals surface area contributed by atoms with E-state index in [0.29, 0.717) is 29.9 Å². The average Bonchev–Trinajstić information content (AvgIpc) is 3.34. The zero-order chi connectivity index (χ0) is 20.8. The van der Waals surface area contributed by atoms with Crippen LogP contribution in [0.2, 0.25) is 0 Å². The lowest BCUT2D eigenvalue weighted by Gasteiger charge is -2.21. The first kappa shape index (κ1) is 19.9. The fourth-order valence-corrected chi connectivity index (χ4v) is 3.81. The molecule has 7 nitrogen and oxygen atoms in total. The summed E-state index contributed by atoms with van der Waals surface area (Å²) in [6.07, 6.45) is 12.2. The lowest BCUT2D eigenvalue weighted by Crippen LogP contribution is -2.32. The minimum Gasteiger partial charge on any atom is -0.496 e. The molecule has 156 valence electrons. The summed E-state index contributed by atoms with van der Waals surface area (Å²) < 4.78 is 16.4. The van der Waals surface area contributed by atoms with Crippen molar-refractivity contribution in [3.8, 4) is 34.1 Å². The Morgan fingerprint density at radius 2 is 2.00 bits per heavy atom. The summed E-state index contributed by atoms with van der Waals surface area (Å²) in [6.45, 7) is 0.657. The molecule has 1 aliphatic rings. The molecule has 2 aromatic heterocycles. The summed E-state index contributed by atoms with van der Waals surface area (Å²) in [4.78, 5) is 20.7. The van der Waals surface area contributed by atoms with Gasteiger partial charge in [-0.15, -0.1) is 0 Å². The number of methoxy groups -OCH3 is 1. The van der Waals surface area contributed by atoms with Crippen molar-refractivity contribution in [2.24, 2.45) is 5.92 Å². The summed E-state index contributed by atoms with van der Waals surface area (Å²) in [5, 5.41) is 2.89. The van der Waals surface area contributed by atoms with E-state index in [1.165, 1.54) is 38.4 Å². The monoisotopic (exact) mass is 407 g/mol. The number of aromatic nitrogens is 2. The molecule has 3 aromatic rings. The molecule has 0 spiro atoms. The Balaban J connectivity index is 1.49. The van der Waals surface area contributed by atoms with Crippen molar-refractivity contribution in [2.45, 2.75) is 32.1 Å². The molecular weight excluding hydrogens is 382 g/mol.